The fourth-order valence-corrected chi connectivity index (χ4v) is 3.80. The molecule has 3 rings (SSSR count). The van der Waals surface area contributed by atoms with Crippen LogP contribution in [-0.2, 0) is 12.8 Å². The lowest BCUT2D eigenvalue weighted by Gasteiger charge is -2.14. The van der Waals surface area contributed by atoms with Crippen LogP contribution in [0.15, 0.2) is 70.2 Å². The van der Waals surface area contributed by atoms with Gasteiger partial charge in [-0.1, -0.05) is 18.2 Å². The van der Waals surface area contributed by atoms with Gasteiger partial charge >= 0.3 is 6.18 Å². The summed E-state index contributed by atoms with van der Waals surface area (Å²) < 4.78 is 52.0. The molecule has 0 bridgehead atoms. The number of alkyl halides is 3. The molecule has 10 heteroatoms. The molecule has 1 amide bonds. The molecular formula is C24H19BrF3IN2O3. The first-order valence-corrected chi connectivity index (χ1v) is 11.9. The molecule has 3 aromatic rings. The lowest BCUT2D eigenvalue weighted by Crippen LogP contribution is -2.18. The Kier molecular flexibility index (Phi) is 8.95. The maximum Gasteiger partial charge on any atom is 0.416 e. The van der Waals surface area contributed by atoms with Crippen molar-refractivity contribution in [3.05, 3.63) is 91.0 Å². The number of hydrogen-bond acceptors (Lipinski definition) is 4. The fourth-order valence-electron chi connectivity index (χ4n) is 2.87. The van der Waals surface area contributed by atoms with E-state index in [1.165, 1.54) is 18.3 Å². The molecule has 0 unspecified atom stereocenters. The Hall–Kier alpha value is -2.60. The predicted molar refractivity (Wildman–Crippen MR) is 135 cm³/mol. The molecule has 0 spiro atoms. The fraction of sp³-hybridized carbons (Fsp3) is 0.167. The van der Waals surface area contributed by atoms with Crippen LogP contribution < -0.4 is 14.9 Å². The highest BCUT2D eigenvalue weighted by Crippen LogP contribution is 2.37. The Bertz CT molecular complexity index is 1190. The summed E-state index contributed by atoms with van der Waals surface area (Å²) in [6.45, 7) is 2.59. The van der Waals surface area contributed by atoms with Crippen molar-refractivity contribution < 1.29 is 27.4 Å². The summed E-state index contributed by atoms with van der Waals surface area (Å²) in [7, 11) is 0. The number of carbonyl (C=O) groups is 1. The zero-order chi connectivity index (χ0) is 24.7. The number of hydrogen-bond donors (Lipinski definition) is 1. The number of nitrogens with zero attached hydrogens (tertiary/aromatic N) is 1. The summed E-state index contributed by atoms with van der Waals surface area (Å²) in [4.78, 5) is 12.2. The third-order valence-electron chi connectivity index (χ3n) is 4.46. The van der Waals surface area contributed by atoms with E-state index in [0.717, 1.165) is 21.3 Å². The summed E-state index contributed by atoms with van der Waals surface area (Å²) in [5.74, 6) is 0.238. The normalized spacial score (nSPS) is 11.5. The van der Waals surface area contributed by atoms with E-state index in [-0.39, 0.29) is 5.56 Å². The average molecular weight is 647 g/mol. The van der Waals surface area contributed by atoms with Crippen LogP contribution in [0.1, 0.15) is 34.0 Å². The summed E-state index contributed by atoms with van der Waals surface area (Å²) in [6, 6.07) is 15.5. The number of rotatable bonds is 8. The third kappa shape index (κ3) is 7.20. The smallest absolute Gasteiger partial charge is 0.416 e. The minimum Gasteiger partial charge on any atom is -0.490 e. The Morgan fingerprint density at radius 2 is 1.85 bits per heavy atom. The van der Waals surface area contributed by atoms with Crippen molar-refractivity contribution in [2.24, 2.45) is 5.10 Å². The molecule has 34 heavy (non-hydrogen) atoms. The SMILES string of the molecule is CCOc1cc(/C=N\NC(=O)c2cccc(C(F)(F)F)c2)cc(Br)c1OCc1ccc(I)cc1. The molecule has 0 fully saturated rings. The van der Waals surface area contributed by atoms with E-state index in [1.807, 2.05) is 31.2 Å². The van der Waals surface area contributed by atoms with Crippen LogP contribution in [0.2, 0.25) is 0 Å². The summed E-state index contributed by atoms with van der Waals surface area (Å²) in [5, 5.41) is 3.86. The molecule has 0 aromatic heterocycles. The van der Waals surface area contributed by atoms with E-state index < -0.39 is 17.6 Å². The number of amides is 1. The van der Waals surface area contributed by atoms with Gasteiger partial charge in [-0.15, -0.1) is 0 Å². The van der Waals surface area contributed by atoms with Gasteiger partial charge in [0.25, 0.3) is 5.91 Å². The van der Waals surface area contributed by atoms with Crippen molar-refractivity contribution in [1.82, 2.24) is 5.43 Å². The Balaban J connectivity index is 1.72. The number of benzene rings is 3. The summed E-state index contributed by atoms with van der Waals surface area (Å²) in [5.41, 5.74) is 2.76. The van der Waals surface area contributed by atoms with Crippen molar-refractivity contribution in [2.75, 3.05) is 6.61 Å². The van der Waals surface area contributed by atoms with E-state index in [2.05, 4.69) is 49.0 Å². The van der Waals surface area contributed by atoms with Crippen molar-refractivity contribution in [3.63, 3.8) is 0 Å². The minimum absolute atomic E-state index is 0.150. The highest BCUT2D eigenvalue weighted by Gasteiger charge is 2.30. The van der Waals surface area contributed by atoms with Crippen molar-refractivity contribution in [2.45, 2.75) is 19.7 Å². The molecule has 0 saturated heterocycles. The number of hydrazone groups is 1. The van der Waals surface area contributed by atoms with Gasteiger partial charge in [0.2, 0.25) is 0 Å². The molecule has 0 aliphatic rings. The lowest BCUT2D eigenvalue weighted by molar-refractivity contribution is -0.137. The van der Waals surface area contributed by atoms with Crippen molar-refractivity contribution >= 4 is 50.6 Å². The summed E-state index contributed by atoms with van der Waals surface area (Å²) in [6.07, 6.45) is -3.17. The molecule has 0 saturated carbocycles. The van der Waals surface area contributed by atoms with Crippen LogP contribution in [0, 0.1) is 3.57 Å². The molecule has 0 aliphatic heterocycles. The van der Waals surface area contributed by atoms with Gasteiger partial charge in [-0.05, 0) is 99.0 Å². The van der Waals surface area contributed by atoms with Gasteiger partial charge in [-0.2, -0.15) is 18.3 Å². The second-order valence-corrected chi connectivity index (χ2v) is 9.06. The topological polar surface area (TPSA) is 59.9 Å². The van der Waals surface area contributed by atoms with Crippen LogP contribution in [-0.4, -0.2) is 18.7 Å². The molecule has 178 valence electrons. The zero-order valence-electron chi connectivity index (χ0n) is 17.8. The first kappa shape index (κ1) is 26.0. The Labute approximate surface area is 216 Å². The maximum atomic E-state index is 12.9. The first-order chi connectivity index (χ1) is 16.2. The van der Waals surface area contributed by atoms with Crippen molar-refractivity contribution in [1.29, 1.82) is 0 Å². The molecule has 0 radical (unpaired) electrons. The monoisotopic (exact) mass is 646 g/mol. The average Bonchev–Trinajstić information content (AvgIpc) is 2.79. The van der Waals surface area contributed by atoms with Crippen LogP contribution in [0.25, 0.3) is 0 Å². The quantitative estimate of drug-likeness (QED) is 0.166. The molecule has 0 aliphatic carbocycles. The van der Waals surface area contributed by atoms with E-state index in [4.69, 9.17) is 9.47 Å². The molecule has 0 atom stereocenters. The highest BCUT2D eigenvalue weighted by molar-refractivity contribution is 14.1. The predicted octanol–water partition coefficient (Wildman–Crippen LogP) is 6.81. The molecule has 1 N–H and O–H groups in total. The van der Waals surface area contributed by atoms with Crippen LogP contribution in [0.4, 0.5) is 13.2 Å². The minimum atomic E-state index is -4.54. The standard InChI is InChI=1S/C24H19BrF3IN2O3/c1-2-33-21-11-16(10-20(25)22(21)34-14-15-6-8-19(29)9-7-15)13-30-31-23(32)17-4-3-5-18(12-17)24(26,27)28/h3-13H,2,14H2,1H3,(H,31,32)/b30-13-. The highest BCUT2D eigenvalue weighted by atomic mass is 127. The Morgan fingerprint density at radius 1 is 1.12 bits per heavy atom. The molecule has 0 heterocycles. The number of carbonyl (C=O) groups excluding carboxylic acids is 1. The maximum absolute atomic E-state index is 12.9. The van der Waals surface area contributed by atoms with Gasteiger partial charge in [0.15, 0.2) is 11.5 Å². The zero-order valence-corrected chi connectivity index (χ0v) is 21.6. The second kappa shape index (κ2) is 11.7. The van der Waals surface area contributed by atoms with Gasteiger partial charge in [-0.3, -0.25) is 4.79 Å². The Morgan fingerprint density at radius 3 is 2.53 bits per heavy atom. The first-order valence-electron chi connectivity index (χ1n) is 10.0. The third-order valence-corrected chi connectivity index (χ3v) is 5.77. The largest absolute Gasteiger partial charge is 0.490 e. The van der Waals surface area contributed by atoms with Gasteiger partial charge in [-0.25, -0.2) is 5.43 Å². The van der Waals surface area contributed by atoms with Gasteiger partial charge < -0.3 is 9.47 Å². The molecule has 5 nitrogen and oxygen atoms in total. The molecular weight excluding hydrogens is 628 g/mol. The van der Waals surface area contributed by atoms with E-state index in [9.17, 15) is 18.0 Å². The van der Waals surface area contributed by atoms with Crippen molar-refractivity contribution in [3.8, 4) is 11.5 Å². The van der Waals surface area contributed by atoms with Gasteiger partial charge in [0.1, 0.15) is 6.61 Å². The van der Waals surface area contributed by atoms with E-state index in [1.54, 1.807) is 12.1 Å². The van der Waals surface area contributed by atoms with E-state index in [0.29, 0.717) is 34.7 Å². The number of nitrogens with one attached hydrogen (secondary N) is 1. The van der Waals surface area contributed by atoms with Crippen LogP contribution in [0.5, 0.6) is 11.5 Å². The lowest BCUT2D eigenvalue weighted by atomic mass is 10.1. The van der Waals surface area contributed by atoms with Gasteiger partial charge in [0, 0.05) is 9.13 Å². The number of halogens is 5. The number of ether oxygens (including phenoxy) is 2. The van der Waals surface area contributed by atoms with Crippen LogP contribution in [0.3, 0.4) is 0 Å². The summed E-state index contributed by atoms with van der Waals surface area (Å²) >= 11 is 5.71. The van der Waals surface area contributed by atoms with E-state index >= 15 is 0 Å². The van der Waals surface area contributed by atoms with Crippen LogP contribution >= 0.6 is 38.5 Å². The molecule has 3 aromatic carbocycles. The second-order valence-electron chi connectivity index (χ2n) is 6.96. The van der Waals surface area contributed by atoms with Gasteiger partial charge in [0.05, 0.1) is 22.9 Å².